The van der Waals surface area contributed by atoms with Crippen LogP contribution in [-0.2, 0) is 0 Å². The molecule has 18 heavy (non-hydrogen) atoms. The Hall–Kier alpha value is -1.23. The molecule has 102 valence electrons. The van der Waals surface area contributed by atoms with Crippen LogP contribution < -0.4 is 15.8 Å². The topological polar surface area (TPSA) is 64.3 Å². The molecule has 1 rings (SSSR count). The van der Waals surface area contributed by atoms with Crippen molar-refractivity contribution in [3.05, 3.63) is 4.88 Å². The molecule has 1 aromatic rings. The first-order valence-corrected chi connectivity index (χ1v) is 7.06. The van der Waals surface area contributed by atoms with Crippen molar-refractivity contribution in [1.29, 1.82) is 0 Å². The van der Waals surface area contributed by atoms with Crippen molar-refractivity contribution in [1.82, 2.24) is 0 Å². The molecule has 0 atom stereocenters. The highest BCUT2D eigenvalue weighted by Gasteiger charge is 2.20. The molecule has 5 heteroatoms. The maximum atomic E-state index is 11.7. The summed E-state index contributed by atoms with van der Waals surface area (Å²) in [6.07, 6.45) is 1.53. The molecule has 0 aliphatic rings. The Balaban J connectivity index is 2.87. The van der Waals surface area contributed by atoms with E-state index in [9.17, 15) is 4.79 Å². The number of methoxy groups -OCH3 is 1. The van der Waals surface area contributed by atoms with E-state index in [0.717, 1.165) is 18.0 Å². The van der Waals surface area contributed by atoms with E-state index in [0.29, 0.717) is 28.7 Å². The number of nitrogens with two attached hydrogens (primary N) is 1. The minimum atomic E-state index is 0.0627. The summed E-state index contributed by atoms with van der Waals surface area (Å²) in [4.78, 5) is 12.3. The number of rotatable bonds is 7. The van der Waals surface area contributed by atoms with E-state index in [1.165, 1.54) is 11.3 Å². The third-order valence-corrected chi connectivity index (χ3v) is 3.87. The molecule has 0 radical (unpaired) electrons. The lowest BCUT2D eigenvalue weighted by Crippen LogP contribution is -2.04. The summed E-state index contributed by atoms with van der Waals surface area (Å²) in [5.41, 5.74) is 6.41. The second-order valence-corrected chi connectivity index (χ2v) is 5.61. The van der Waals surface area contributed by atoms with E-state index < -0.39 is 0 Å². The van der Waals surface area contributed by atoms with Crippen LogP contribution in [0.3, 0.4) is 0 Å². The Morgan fingerprint density at radius 3 is 2.67 bits per heavy atom. The van der Waals surface area contributed by atoms with Gasteiger partial charge in [-0.2, -0.15) is 0 Å². The highest BCUT2D eigenvalue weighted by molar-refractivity contribution is 7.19. The Kier molecular flexibility index (Phi) is 5.47. The standard InChI is InChI=1S/C13H22N2O2S/c1-5-9(16)12-10(14)11(17-4)13(18-12)15-7-6-8(2)3/h8,15H,5-7,14H2,1-4H3. The molecule has 0 saturated carbocycles. The van der Waals surface area contributed by atoms with E-state index in [1.807, 2.05) is 6.92 Å². The van der Waals surface area contributed by atoms with Crippen LogP contribution in [0.25, 0.3) is 0 Å². The molecule has 0 unspecified atom stereocenters. The first-order chi connectivity index (χ1) is 8.51. The lowest BCUT2D eigenvalue weighted by atomic mass is 10.1. The highest BCUT2D eigenvalue weighted by Crippen LogP contribution is 2.42. The van der Waals surface area contributed by atoms with Crippen LogP contribution in [0.5, 0.6) is 5.75 Å². The minimum Gasteiger partial charge on any atom is -0.492 e. The summed E-state index contributed by atoms with van der Waals surface area (Å²) < 4.78 is 5.28. The van der Waals surface area contributed by atoms with Gasteiger partial charge in [0.1, 0.15) is 5.00 Å². The van der Waals surface area contributed by atoms with Gasteiger partial charge in [0.25, 0.3) is 0 Å². The van der Waals surface area contributed by atoms with Crippen molar-refractivity contribution in [3.8, 4) is 5.75 Å². The zero-order valence-corrected chi connectivity index (χ0v) is 12.3. The van der Waals surface area contributed by atoms with Crippen LogP contribution in [0, 0.1) is 5.92 Å². The average molecular weight is 270 g/mol. The molecular weight excluding hydrogens is 248 g/mol. The SMILES string of the molecule is CCC(=O)c1sc(NCCC(C)C)c(OC)c1N. The molecule has 4 nitrogen and oxygen atoms in total. The predicted octanol–water partition coefficient (Wildman–Crippen LogP) is 3.39. The Morgan fingerprint density at radius 2 is 2.17 bits per heavy atom. The molecule has 1 heterocycles. The molecule has 0 aliphatic heterocycles. The Morgan fingerprint density at radius 1 is 1.50 bits per heavy atom. The van der Waals surface area contributed by atoms with Crippen LogP contribution in [0.1, 0.15) is 43.3 Å². The largest absolute Gasteiger partial charge is 0.492 e. The van der Waals surface area contributed by atoms with Gasteiger partial charge in [-0.15, -0.1) is 11.3 Å². The van der Waals surface area contributed by atoms with Crippen LogP contribution in [0.15, 0.2) is 0 Å². The molecule has 0 saturated heterocycles. The second kappa shape index (κ2) is 6.64. The fourth-order valence-electron chi connectivity index (χ4n) is 1.59. The number of ketones is 1. The lowest BCUT2D eigenvalue weighted by Gasteiger charge is -2.08. The molecule has 0 aliphatic carbocycles. The van der Waals surface area contributed by atoms with Crippen molar-refractivity contribution in [2.45, 2.75) is 33.6 Å². The number of anilines is 2. The molecule has 0 fully saturated rings. The summed E-state index contributed by atoms with van der Waals surface area (Å²) in [7, 11) is 1.58. The van der Waals surface area contributed by atoms with Crippen LogP contribution >= 0.6 is 11.3 Å². The van der Waals surface area contributed by atoms with Gasteiger partial charge in [0.15, 0.2) is 11.5 Å². The van der Waals surface area contributed by atoms with Crippen molar-refractivity contribution in [2.75, 3.05) is 24.7 Å². The lowest BCUT2D eigenvalue weighted by molar-refractivity contribution is 0.0992. The normalized spacial score (nSPS) is 10.7. The zero-order chi connectivity index (χ0) is 13.7. The minimum absolute atomic E-state index is 0.0627. The monoisotopic (exact) mass is 270 g/mol. The fourth-order valence-corrected chi connectivity index (χ4v) is 2.72. The van der Waals surface area contributed by atoms with Gasteiger partial charge in [-0.1, -0.05) is 20.8 Å². The van der Waals surface area contributed by atoms with E-state index in [2.05, 4.69) is 19.2 Å². The van der Waals surface area contributed by atoms with Gasteiger partial charge in [0.05, 0.1) is 17.7 Å². The number of carbonyl (C=O) groups excluding carboxylic acids is 1. The number of ether oxygens (including phenoxy) is 1. The first kappa shape index (κ1) is 14.8. The van der Waals surface area contributed by atoms with Crippen molar-refractivity contribution < 1.29 is 9.53 Å². The number of nitrogen functional groups attached to an aromatic ring is 1. The summed E-state index contributed by atoms with van der Waals surface area (Å²) in [6.45, 7) is 7.04. The summed E-state index contributed by atoms with van der Waals surface area (Å²) in [6, 6.07) is 0. The van der Waals surface area contributed by atoms with Gasteiger partial charge in [-0.25, -0.2) is 0 Å². The summed E-state index contributed by atoms with van der Waals surface area (Å²) in [5.74, 6) is 1.30. The Labute approximate surface area is 113 Å². The van der Waals surface area contributed by atoms with Crippen molar-refractivity contribution in [3.63, 3.8) is 0 Å². The maximum Gasteiger partial charge on any atom is 0.176 e. The number of carbonyl (C=O) groups is 1. The fraction of sp³-hybridized carbons (Fsp3) is 0.615. The van der Waals surface area contributed by atoms with Gasteiger partial charge < -0.3 is 15.8 Å². The molecule has 1 aromatic heterocycles. The van der Waals surface area contributed by atoms with Gasteiger partial charge in [-0.05, 0) is 12.3 Å². The van der Waals surface area contributed by atoms with Crippen molar-refractivity contribution >= 4 is 27.8 Å². The molecule has 3 N–H and O–H groups in total. The molecule has 0 aromatic carbocycles. The van der Waals surface area contributed by atoms with Crippen molar-refractivity contribution in [2.24, 2.45) is 5.92 Å². The zero-order valence-electron chi connectivity index (χ0n) is 11.5. The second-order valence-electron chi connectivity index (χ2n) is 4.59. The predicted molar refractivity (Wildman–Crippen MR) is 77.8 cm³/mol. The van der Waals surface area contributed by atoms with E-state index in [1.54, 1.807) is 7.11 Å². The number of Topliss-reactive ketones (excluding diaryl/α,β-unsaturated/α-hetero) is 1. The summed E-state index contributed by atoms with van der Waals surface area (Å²) in [5, 5.41) is 4.15. The third kappa shape index (κ3) is 3.38. The van der Waals surface area contributed by atoms with E-state index in [4.69, 9.17) is 10.5 Å². The smallest absolute Gasteiger partial charge is 0.176 e. The van der Waals surface area contributed by atoms with Gasteiger partial charge in [0, 0.05) is 13.0 Å². The average Bonchev–Trinajstić information content (AvgIpc) is 2.64. The van der Waals surface area contributed by atoms with E-state index in [-0.39, 0.29) is 5.78 Å². The van der Waals surface area contributed by atoms with Gasteiger partial charge >= 0.3 is 0 Å². The highest BCUT2D eigenvalue weighted by atomic mass is 32.1. The number of hydrogen-bond acceptors (Lipinski definition) is 5. The van der Waals surface area contributed by atoms with Gasteiger partial charge in [0.2, 0.25) is 0 Å². The molecule has 0 bridgehead atoms. The Bertz CT molecular complexity index is 413. The number of nitrogens with one attached hydrogen (secondary N) is 1. The molecular formula is C13H22N2O2S. The number of thiophene rings is 1. The third-order valence-electron chi connectivity index (χ3n) is 2.69. The van der Waals surface area contributed by atoms with Crippen LogP contribution in [-0.4, -0.2) is 19.4 Å². The maximum absolute atomic E-state index is 11.7. The van der Waals surface area contributed by atoms with Crippen LogP contribution in [0.2, 0.25) is 0 Å². The van der Waals surface area contributed by atoms with Crippen LogP contribution in [0.4, 0.5) is 10.7 Å². The molecule has 0 spiro atoms. The number of hydrogen-bond donors (Lipinski definition) is 2. The van der Waals surface area contributed by atoms with Gasteiger partial charge in [-0.3, -0.25) is 4.79 Å². The van der Waals surface area contributed by atoms with E-state index >= 15 is 0 Å². The summed E-state index contributed by atoms with van der Waals surface area (Å²) >= 11 is 1.38. The first-order valence-electron chi connectivity index (χ1n) is 6.24. The molecule has 0 amide bonds. The quantitative estimate of drug-likeness (QED) is 0.745.